The Morgan fingerprint density at radius 1 is 1.10 bits per heavy atom. The second kappa shape index (κ2) is 8.34. The maximum Gasteiger partial charge on any atom is 0.419 e. The summed E-state index contributed by atoms with van der Waals surface area (Å²) in [6.07, 6.45) is 0. The summed E-state index contributed by atoms with van der Waals surface area (Å²) >= 11 is 0. The number of nitrogens with zero attached hydrogens (tertiary/aromatic N) is 1. The zero-order valence-corrected chi connectivity index (χ0v) is 18.5. The van der Waals surface area contributed by atoms with Gasteiger partial charge in [-0.1, -0.05) is 0 Å². The second-order valence-corrected chi connectivity index (χ2v) is 8.20. The number of methoxy groups -OCH3 is 3. The lowest BCUT2D eigenvalue weighted by Crippen LogP contribution is -2.17. The summed E-state index contributed by atoms with van der Waals surface area (Å²) in [6.45, 7) is 3.76. The third-order valence-corrected chi connectivity index (χ3v) is 6.25. The molecule has 0 aliphatic rings. The molecule has 3 aromatic rings. The normalized spacial score (nSPS) is 11.4. The van der Waals surface area contributed by atoms with Crippen molar-refractivity contribution < 1.29 is 31.8 Å². The van der Waals surface area contributed by atoms with Gasteiger partial charge in [0, 0.05) is 24.7 Å². The number of rotatable bonds is 7. The van der Waals surface area contributed by atoms with Gasteiger partial charge in [-0.2, -0.15) is 0 Å². The molecule has 10 nitrogen and oxygen atoms in total. The largest absolute Gasteiger partial charge is 0.493 e. The molecule has 0 fully saturated rings. The van der Waals surface area contributed by atoms with Crippen molar-refractivity contribution in [3.8, 4) is 11.5 Å². The standard InChI is InChI=1S/C20H22N2O8S/c1-6-22-14-7-11(2)18(10-15(14)30-20(22)24)31(25,26)21-13-9-17(28-4)16(27-3)8-12(13)19(23)29-5/h7-10,21H,6H2,1-5H3. The number of esters is 1. The number of hydrogen-bond acceptors (Lipinski definition) is 8. The fourth-order valence-corrected chi connectivity index (χ4v) is 4.54. The first kappa shape index (κ1) is 22.2. The SMILES string of the molecule is CCn1c(=O)oc2cc(S(=O)(=O)Nc3cc(OC)c(OC)cc3C(=O)OC)c(C)cc21. The van der Waals surface area contributed by atoms with Gasteiger partial charge in [-0.05, 0) is 25.5 Å². The molecule has 1 heterocycles. The molecule has 0 unspecified atom stereocenters. The molecule has 0 saturated carbocycles. The van der Waals surface area contributed by atoms with Crippen LogP contribution in [0.1, 0.15) is 22.8 Å². The van der Waals surface area contributed by atoms with Gasteiger partial charge in [-0.3, -0.25) is 9.29 Å². The monoisotopic (exact) mass is 450 g/mol. The van der Waals surface area contributed by atoms with E-state index in [0.717, 1.165) is 0 Å². The summed E-state index contributed by atoms with van der Waals surface area (Å²) in [5.74, 6) is -0.902. The Kier molecular flexibility index (Phi) is 5.98. The molecule has 1 N–H and O–H groups in total. The van der Waals surface area contributed by atoms with Crippen molar-refractivity contribution in [1.29, 1.82) is 0 Å². The highest BCUT2D eigenvalue weighted by Gasteiger charge is 2.25. The average molecular weight is 450 g/mol. The van der Waals surface area contributed by atoms with E-state index in [4.69, 9.17) is 18.6 Å². The predicted octanol–water partition coefficient (Wildman–Crippen LogP) is 2.53. The van der Waals surface area contributed by atoms with Crippen LogP contribution in [0.15, 0.2) is 38.4 Å². The molecule has 3 rings (SSSR count). The predicted molar refractivity (Wildman–Crippen MR) is 113 cm³/mol. The second-order valence-electron chi connectivity index (χ2n) is 6.55. The van der Waals surface area contributed by atoms with Gasteiger partial charge in [0.1, 0.15) is 0 Å². The van der Waals surface area contributed by atoms with Crippen LogP contribution in [0.2, 0.25) is 0 Å². The Labute approximate surface area is 178 Å². The third kappa shape index (κ3) is 3.96. The number of benzene rings is 2. The number of nitrogens with one attached hydrogen (secondary N) is 1. The summed E-state index contributed by atoms with van der Waals surface area (Å²) in [7, 11) is -0.236. The molecule has 0 atom stereocenters. The van der Waals surface area contributed by atoms with E-state index in [-0.39, 0.29) is 33.2 Å². The lowest BCUT2D eigenvalue weighted by Gasteiger charge is -2.16. The highest BCUT2D eigenvalue weighted by molar-refractivity contribution is 7.92. The Morgan fingerprint density at radius 3 is 2.32 bits per heavy atom. The number of carbonyl (C=O) groups excluding carboxylic acids is 1. The summed E-state index contributed by atoms with van der Waals surface area (Å²) in [5.41, 5.74) is 0.898. The van der Waals surface area contributed by atoms with E-state index in [1.54, 1.807) is 19.9 Å². The van der Waals surface area contributed by atoms with Crippen LogP contribution in [0.25, 0.3) is 11.1 Å². The van der Waals surface area contributed by atoms with Crippen molar-refractivity contribution in [2.45, 2.75) is 25.3 Å². The van der Waals surface area contributed by atoms with E-state index in [9.17, 15) is 18.0 Å². The number of oxazole rings is 1. The van der Waals surface area contributed by atoms with E-state index in [1.807, 2.05) is 0 Å². The number of aryl methyl sites for hydroxylation is 2. The molecule has 166 valence electrons. The van der Waals surface area contributed by atoms with Crippen LogP contribution < -0.4 is 20.0 Å². The smallest absolute Gasteiger partial charge is 0.419 e. The number of fused-ring (bicyclic) bond motifs is 1. The van der Waals surface area contributed by atoms with E-state index in [1.165, 1.54) is 44.1 Å². The van der Waals surface area contributed by atoms with Crippen LogP contribution >= 0.6 is 0 Å². The number of aromatic nitrogens is 1. The van der Waals surface area contributed by atoms with Gasteiger partial charge in [0.05, 0.1) is 43.0 Å². The average Bonchev–Trinajstić information content (AvgIpc) is 3.05. The van der Waals surface area contributed by atoms with Gasteiger partial charge in [0.25, 0.3) is 10.0 Å². The summed E-state index contributed by atoms with van der Waals surface area (Å²) < 4.78 is 50.5. The van der Waals surface area contributed by atoms with Crippen molar-refractivity contribution in [3.05, 3.63) is 45.9 Å². The van der Waals surface area contributed by atoms with E-state index in [2.05, 4.69) is 4.72 Å². The minimum atomic E-state index is -4.18. The molecule has 2 aromatic carbocycles. The number of sulfonamides is 1. The molecular weight excluding hydrogens is 428 g/mol. The highest BCUT2D eigenvalue weighted by Crippen LogP contribution is 2.35. The van der Waals surface area contributed by atoms with Gasteiger partial charge in [-0.15, -0.1) is 0 Å². The van der Waals surface area contributed by atoms with Crippen LogP contribution in [0, 0.1) is 6.92 Å². The van der Waals surface area contributed by atoms with E-state index < -0.39 is 21.7 Å². The lowest BCUT2D eigenvalue weighted by molar-refractivity contribution is 0.0601. The number of ether oxygens (including phenoxy) is 3. The number of anilines is 1. The van der Waals surface area contributed by atoms with E-state index in [0.29, 0.717) is 17.6 Å². The minimum absolute atomic E-state index is 0.0587. The third-order valence-electron chi connectivity index (χ3n) is 4.74. The topological polar surface area (TPSA) is 126 Å². The van der Waals surface area contributed by atoms with Gasteiger partial charge < -0.3 is 18.6 Å². The fraction of sp³-hybridized carbons (Fsp3) is 0.300. The zero-order valence-electron chi connectivity index (χ0n) is 17.6. The van der Waals surface area contributed by atoms with Crippen LogP contribution in [0.3, 0.4) is 0 Å². The summed E-state index contributed by atoms with van der Waals surface area (Å²) in [4.78, 5) is 24.1. The van der Waals surface area contributed by atoms with Gasteiger partial charge >= 0.3 is 11.7 Å². The Hall–Kier alpha value is -3.47. The first-order valence-corrected chi connectivity index (χ1v) is 10.7. The molecule has 11 heteroatoms. The van der Waals surface area contributed by atoms with Crippen LogP contribution in [-0.2, 0) is 21.3 Å². The quantitative estimate of drug-likeness (QED) is 0.544. The van der Waals surface area contributed by atoms with Gasteiger partial charge in [0.15, 0.2) is 17.1 Å². The molecule has 0 spiro atoms. The summed E-state index contributed by atoms with van der Waals surface area (Å²) in [5, 5.41) is 0. The van der Waals surface area contributed by atoms with E-state index >= 15 is 0 Å². The Morgan fingerprint density at radius 2 is 1.74 bits per heavy atom. The van der Waals surface area contributed by atoms with Crippen molar-refractivity contribution >= 4 is 32.8 Å². The van der Waals surface area contributed by atoms with Crippen molar-refractivity contribution in [3.63, 3.8) is 0 Å². The maximum absolute atomic E-state index is 13.2. The van der Waals surface area contributed by atoms with Crippen LogP contribution in [0.4, 0.5) is 5.69 Å². The summed E-state index contributed by atoms with van der Waals surface area (Å²) in [6, 6.07) is 5.48. The fourth-order valence-electron chi connectivity index (χ4n) is 3.23. The molecule has 1 aromatic heterocycles. The van der Waals surface area contributed by atoms with Crippen molar-refractivity contribution in [1.82, 2.24) is 4.57 Å². The number of hydrogen-bond donors (Lipinski definition) is 1. The minimum Gasteiger partial charge on any atom is -0.493 e. The molecule has 0 bridgehead atoms. The molecule has 0 saturated heterocycles. The Bertz CT molecular complexity index is 1320. The van der Waals surface area contributed by atoms with Gasteiger partial charge in [0.2, 0.25) is 0 Å². The van der Waals surface area contributed by atoms with Crippen molar-refractivity contribution in [2.75, 3.05) is 26.1 Å². The number of carbonyl (C=O) groups is 1. The molecule has 0 aliphatic heterocycles. The molecule has 0 amide bonds. The molecule has 0 radical (unpaired) electrons. The Balaban J connectivity index is 2.15. The van der Waals surface area contributed by atoms with Crippen molar-refractivity contribution in [2.24, 2.45) is 0 Å². The maximum atomic E-state index is 13.2. The highest BCUT2D eigenvalue weighted by atomic mass is 32.2. The zero-order chi connectivity index (χ0) is 22.9. The molecule has 31 heavy (non-hydrogen) atoms. The van der Waals surface area contributed by atoms with Crippen LogP contribution in [0.5, 0.6) is 11.5 Å². The molecule has 0 aliphatic carbocycles. The molecular formula is C20H22N2O8S. The first-order chi connectivity index (χ1) is 14.7. The lowest BCUT2D eigenvalue weighted by atomic mass is 10.1. The van der Waals surface area contributed by atoms with Gasteiger partial charge in [-0.25, -0.2) is 18.0 Å². The first-order valence-electron chi connectivity index (χ1n) is 9.18. The van der Waals surface area contributed by atoms with Crippen LogP contribution in [-0.4, -0.2) is 40.3 Å².